The minimum atomic E-state index is -1.08. The maximum atomic E-state index is 14.5. The van der Waals surface area contributed by atoms with E-state index in [1.54, 1.807) is 97.1 Å². The molecule has 4 saturated carbocycles. The summed E-state index contributed by atoms with van der Waals surface area (Å²) in [6.45, 7) is 23.2. The Labute approximate surface area is 562 Å². The Bertz CT molecular complexity index is 3250. The summed E-state index contributed by atoms with van der Waals surface area (Å²) < 4.78 is 65.6. The fourth-order valence-electron chi connectivity index (χ4n) is 18.0. The summed E-state index contributed by atoms with van der Waals surface area (Å²) >= 11 is 0. The van der Waals surface area contributed by atoms with Gasteiger partial charge < -0.3 is 47.4 Å². The Morgan fingerprint density at radius 1 is 0.516 bits per heavy atom. The lowest BCUT2D eigenvalue weighted by Gasteiger charge is -2.61. The van der Waals surface area contributed by atoms with Crippen LogP contribution in [0.5, 0.6) is 0 Å². The molecule has 95 heavy (non-hydrogen) atoms. The molecule has 0 N–H and O–H groups in total. The van der Waals surface area contributed by atoms with Crippen molar-refractivity contribution in [2.24, 2.45) is 75.9 Å². The maximum Gasteiger partial charge on any atom is 0.338 e. The molecule has 14 unspecified atom stereocenters. The van der Waals surface area contributed by atoms with Crippen molar-refractivity contribution in [2.75, 3.05) is 6.61 Å². The Morgan fingerprint density at radius 3 is 1.55 bits per heavy atom. The molecule has 16 heteroatoms. The molecule has 3 heterocycles. The Morgan fingerprint density at radius 2 is 1.01 bits per heavy atom. The summed E-state index contributed by atoms with van der Waals surface area (Å²) in [6.07, 6.45) is 1.50. The third kappa shape index (κ3) is 14.8. The van der Waals surface area contributed by atoms with E-state index in [0.29, 0.717) is 72.1 Å². The Balaban J connectivity index is 0.690. The quantitative estimate of drug-likeness (QED) is 0.0409. The first-order valence-electron chi connectivity index (χ1n) is 35.6. The summed E-state index contributed by atoms with van der Waals surface area (Å²) in [5.74, 6) is -1.96. The number of hydrogen-bond donors (Lipinski definition) is 0. The summed E-state index contributed by atoms with van der Waals surface area (Å²) in [5, 5.41) is 0. The fourth-order valence-corrected chi connectivity index (χ4v) is 18.0. The molecule has 514 valence electrons. The van der Waals surface area contributed by atoms with E-state index < -0.39 is 85.3 Å². The van der Waals surface area contributed by atoms with Crippen molar-refractivity contribution in [3.63, 3.8) is 0 Å². The van der Waals surface area contributed by atoms with E-state index in [1.807, 2.05) is 65.8 Å². The van der Waals surface area contributed by atoms with E-state index in [0.717, 1.165) is 44.9 Å². The molecule has 0 bridgehead atoms. The molecule has 3 saturated heterocycles. The van der Waals surface area contributed by atoms with E-state index in [-0.39, 0.29) is 88.7 Å². The molecule has 4 aromatic carbocycles. The topological polar surface area (TPSA) is 195 Å². The molecule has 4 aromatic rings. The zero-order valence-corrected chi connectivity index (χ0v) is 57.6. The van der Waals surface area contributed by atoms with Crippen LogP contribution in [-0.2, 0) is 57.0 Å². The molecule has 0 spiro atoms. The molecule has 11 rings (SSSR count). The third-order valence-corrected chi connectivity index (χ3v) is 24.1. The van der Waals surface area contributed by atoms with E-state index in [9.17, 15) is 28.8 Å². The lowest BCUT2D eigenvalue weighted by molar-refractivity contribution is -0.339. The van der Waals surface area contributed by atoms with Gasteiger partial charge in [0, 0.05) is 42.4 Å². The molecule has 25 atom stereocenters. The van der Waals surface area contributed by atoms with Crippen molar-refractivity contribution < 1.29 is 76.1 Å². The molecular formula is C79H102O16. The number of carbonyl (C=O) groups is 6. The number of carbonyl (C=O) groups excluding carboxylic acids is 6. The largest absolute Gasteiger partial charge is 0.454 e. The van der Waals surface area contributed by atoms with E-state index in [1.165, 1.54) is 0 Å². The zero-order chi connectivity index (χ0) is 67.5. The summed E-state index contributed by atoms with van der Waals surface area (Å²) in [7, 11) is 0. The fraction of sp³-hybridized carbons (Fsp3) is 0.620. The van der Waals surface area contributed by atoms with Crippen LogP contribution in [0.4, 0.5) is 0 Å². The van der Waals surface area contributed by atoms with Crippen LogP contribution in [0.3, 0.4) is 0 Å². The summed E-state index contributed by atoms with van der Waals surface area (Å²) in [4.78, 5) is 83.7. The van der Waals surface area contributed by atoms with Crippen LogP contribution < -0.4 is 0 Å². The third-order valence-electron chi connectivity index (χ3n) is 24.1. The van der Waals surface area contributed by atoms with Crippen LogP contribution >= 0.6 is 0 Å². The maximum absolute atomic E-state index is 14.5. The van der Waals surface area contributed by atoms with Gasteiger partial charge in [0.15, 0.2) is 31.1 Å². The van der Waals surface area contributed by atoms with Gasteiger partial charge in [0.2, 0.25) is 0 Å². The van der Waals surface area contributed by atoms with Gasteiger partial charge in [0.1, 0.15) is 23.8 Å². The molecule has 7 fully saturated rings. The zero-order valence-electron chi connectivity index (χ0n) is 57.6. The number of rotatable bonds is 22. The van der Waals surface area contributed by atoms with Crippen LogP contribution in [0.1, 0.15) is 195 Å². The number of Topliss-reactive ketones (excluding diaryl/α,β-unsaturated/α-hetero) is 2. The van der Waals surface area contributed by atoms with Crippen molar-refractivity contribution in [1.82, 2.24) is 0 Å². The highest BCUT2D eigenvalue weighted by Gasteiger charge is 2.64. The van der Waals surface area contributed by atoms with Crippen molar-refractivity contribution in [3.05, 3.63) is 144 Å². The first kappa shape index (κ1) is 70.2. The number of hydrogen-bond acceptors (Lipinski definition) is 16. The van der Waals surface area contributed by atoms with Gasteiger partial charge in [0.25, 0.3) is 0 Å². The number of benzene rings is 4. The normalized spacial score (nSPS) is 37.4. The van der Waals surface area contributed by atoms with Crippen molar-refractivity contribution in [3.8, 4) is 0 Å². The van der Waals surface area contributed by atoms with Crippen molar-refractivity contribution in [2.45, 2.75) is 227 Å². The minimum Gasteiger partial charge on any atom is -0.454 e. The van der Waals surface area contributed by atoms with Gasteiger partial charge in [-0.3, -0.25) is 9.59 Å². The van der Waals surface area contributed by atoms with Crippen molar-refractivity contribution in [1.29, 1.82) is 0 Å². The van der Waals surface area contributed by atoms with Crippen LogP contribution in [0.25, 0.3) is 0 Å². The predicted octanol–water partition coefficient (Wildman–Crippen LogP) is 14.7. The number of fused-ring (bicyclic) bond motifs is 5. The van der Waals surface area contributed by atoms with Crippen LogP contribution in [0, 0.1) is 75.9 Å². The Hall–Kier alpha value is -6.14. The lowest BCUT2D eigenvalue weighted by atomic mass is 9.44. The van der Waals surface area contributed by atoms with E-state index >= 15 is 0 Å². The molecule has 0 radical (unpaired) electrons. The second-order valence-electron chi connectivity index (χ2n) is 29.7. The highest BCUT2D eigenvalue weighted by Crippen LogP contribution is 2.68. The molecule has 7 aliphatic rings. The molecule has 0 aromatic heterocycles. The van der Waals surface area contributed by atoms with Gasteiger partial charge in [-0.1, -0.05) is 142 Å². The van der Waals surface area contributed by atoms with Gasteiger partial charge in [-0.15, -0.1) is 0 Å². The molecule has 4 aliphatic carbocycles. The molecular weight excluding hydrogens is 1200 g/mol. The van der Waals surface area contributed by atoms with Crippen LogP contribution in [-0.4, -0.2) is 116 Å². The van der Waals surface area contributed by atoms with Crippen LogP contribution in [0.15, 0.2) is 121 Å². The average Bonchev–Trinajstić information content (AvgIpc) is 1.65. The van der Waals surface area contributed by atoms with Crippen LogP contribution in [0.2, 0.25) is 0 Å². The van der Waals surface area contributed by atoms with Gasteiger partial charge in [-0.25, -0.2) is 19.2 Å². The molecule has 3 aliphatic heterocycles. The van der Waals surface area contributed by atoms with Gasteiger partial charge >= 0.3 is 23.9 Å². The smallest absolute Gasteiger partial charge is 0.338 e. The SMILES string of the molecule is CCC1O[C@@H](OC[C@@H](C)CCC(=O)[C@@H](C)C2C(=O)CC3C4CCC5CC(O[C@@H]6OC(CC)[C@H](O[C@@H]7OC(C)[C@H](C)C(OC(=O)c8ccccc8)[C@@H]7OC(=O)c7ccccc7)[C@H](C)C6C)CCC5(C)C4CCC32C)C(OC(=O)c2ccccc2)[C@@H](OC(=O)c2ccccc2)[C@H]1C. The van der Waals surface area contributed by atoms with E-state index in [2.05, 4.69) is 34.6 Å². The molecule has 16 nitrogen and oxygen atoms in total. The standard InChI is InChI=1S/C79H102O16/c1-12-63-50(8)68(92-72(83)53-28-20-15-21-29-53)69(93-73(84)54-30-22-16-23-31-54)76(89-63)86-44-45(3)34-37-61(80)49(7)65-62(81)43-60-58-36-35-56-42-57(38-40-78(56,10)59(58)39-41-79(60,65)11)88-75-47(5)46(4)66(64(13-2)90-75)95-77-70(94-74(85)55-32-24-17-25-33-55)67(48(6)51(9)87-77)91-71(82)52-26-18-14-19-27-52/h14-33,45-51,56-60,63-70,75-77H,12-13,34-44H2,1-11H3/t45-,46+,47?,48-,49+,50-,51?,56?,57?,58?,59?,60?,63?,64?,65?,66+,67?,68-,69?,70-,75+,76+,77-,78?,79?/m0/s1. The minimum absolute atomic E-state index is 0.0148. The predicted molar refractivity (Wildman–Crippen MR) is 355 cm³/mol. The first-order valence-corrected chi connectivity index (χ1v) is 35.6. The lowest BCUT2D eigenvalue weighted by Crippen LogP contribution is -2.60. The second-order valence-corrected chi connectivity index (χ2v) is 29.7. The number of ketones is 2. The summed E-state index contributed by atoms with van der Waals surface area (Å²) in [6, 6.07) is 34.9. The average molecular weight is 1310 g/mol. The van der Waals surface area contributed by atoms with Gasteiger partial charge in [-0.05, 0) is 166 Å². The highest BCUT2D eigenvalue weighted by atomic mass is 16.7. The van der Waals surface area contributed by atoms with Gasteiger partial charge in [0.05, 0.1) is 59.4 Å². The highest BCUT2D eigenvalue weighted by molar-refractivity contribution is 5.93. The number of ether oxygens (including phenoxy) is 10. The van der Waals surface area contributed by atoms with E-state index in [4.69, 9.17) is 47.4 Å². The molecule has 0 amide bonds. The Kier molecular flexibility index (Phi) is 22.4. The first-order chi connectivity index (χ1) is 45.6. The van der Waals surface area contributed by atoms with Gasteiger partial charge in [-0.2, -0.15) is 0 Å². The number of esters is 4. The van der Waals surface area contributed by atoms with Crippen molar-refractivity contribution >= 4 is 35.4 Å². The summed E-state index contributed by atoms with van der Waals surface area (Å²) in [5.41, 5.74) is 1.30. The monoisotopic (exact) mass is 1310 g/mol. The second kappa shape index (κ2) is 30.3.